The Morgan fingerprint density at radius 2 is 2.05 bits per heavy atom. The minimum atomic E-state index is -0.0452. The van der Waals surface area contributed by atoms with E-state index in [0.29, 0.717) is 12.5 Å². The molecule has 1 heterocycles. The molecule has 1 N–H and O–H groups in total. The van der Waals surface area contributed by atoms with Crippen molar-refractivity contribution in [2.75, 3.05) is 6.54 Å². The number of benzene rings is 1. The van der Waals surface area contributed by atoms with Crippen molar-refractivity contribution in [2.24, 2.45) is 0 Å². The van der Waals surface area contributed by atoms with Gasteiger partial charge in [-0.05, 0) is 29.0 Å². The number of rotatable bonds is 5. The molecule has 1 aromatic carbocycles. The molecule has 1 atom stereocenters. The standard InChI is InChI=1S/C16H17NOS/c1-13(14-6-3-2-4-7-14)12-17-16(18)10-9-15-8-5-11-19-15/h2-11,13H,12H2,1H3,(H,17,18)/b10-9+/t13-/m1/s1. The van der Waals surface area contributed by atoms with Crippen LogP contribution in [0.15, 0.2) is 53.9 Å². The van der Waals surface area contributed by atoms with Crippen molar-refractivity contribution in [3.05, 3.63) is 64.4 Å². The summed E-state index contributed by atoms with van der Waals surface area (Å²) in [5, 5.41) is 4.92. The summed E-state index contributed by atoms with van der Waals surface area (Å²) in [4.78, 5) is 12.8. The fourth-order valence-corrected chi connectivity index (χ4v) is 2.37. The zero-order valence-electron chi connectivity index (χ0n) is 10.9. The maximum atomic E-state index is 11.7. The Kier molecular flexibility index (Phi) is 4.93. The average molecular weight is 271 g/mol. The summed E-state index contributed by atoms with van der Waals surface area (Å²) < 4.78 is 0. The van der Waals surface area contributed by atoms with E-state index in [1.54, 1.807) is 17.4 Å². The molecular weight excluding hydrogens is 254 g/mol. The van der Waals surface area contributed by atoms with E-state index in [1.165, 1.54) is 5.56 Å². The molecule has 0 aliphatic heterocycles. The molecule has 2 rings (SSSR count). The second-order valence-corrected chi connectivity index (χ2v) is 5.38. The van der Waals surface area contributed by atoms with Gasteiger partial charge in [0.25, 0.3) is 0 Å². The van der Waals surface area contributed by atoms with Crippen LogP contribution in [0.25, 0.3) is 6.08 Å². The largest absolute Gasteiger partial charge is 0.352 e. The van der Waals surface area contributed by atoms with Gasteiger partial charge in [0.05, 0.1) is 0 Å². The van der Waals surface area contributed by atoms with Gasteiger partial charge in [0.15, 0.2) is 0 Å². The average Bonchev–Trinajstić information content (AvgIpc) is 2.96. The number of nitrogens with one attached hydrogen (secondary N) is 1. The van der Waals surface area contributed by atoms with Crippen LogP contribution in [-0.4, -0.2) is 12.5 Å². The summed E-state index contributed by atoms with van der Waals surface area (Å²) in [7, 11) is 0. The van der Waals surface area contributed by atoms with Crippen LogP contribution in [0, 0.1) is 0 Å². The van der Waals surface area contributed by atoms with E-state index in [0.717, 1.165) is 4.88 Å². The van der Waals surface area contributed by atoms with E-state index in [4.69, 9.17) is 0 Å². The van der Waals surface area contributed by atoms with Crippen molar-refractivity contribution in [2.45, 2.75) is 12.8 Å². The summed E-state index contributed by atoms with van der Waals surface area (Å²) in [5.74, 6) is 0.275. The Bertz CT molecular complexity index is 531. The van der Waals surface area contributed by atoms with Gasteiger partial charge in [-0.2, -0.15) is 0 Å². The van der Waals surface area contributed by atoms with Crippen LogP contribution in [0.5, 0.6) is 0 Å². The molecule has 0 saturated carbocycles. The first kappa shape index (κ1) is 13.6. The first-order valence-corrected chi connectivity index (χ1v) is 7.18. The number of hydrogen-bond donors (Lipinski definition) is 1. The fraction of sp³-hybridized carbons (Fsp3) is 0.188. The van der Waals surface area contributed by atoms with E-state index in [9.17, 15) is 4.79 Å². The highest BCUT2D eigenvalue weighted by Crippen LogP contribution is 2.13. The quantitative estimate of drug-likeness (QED) is 0.826. The molecule has 1 aromatic heterocycles. The highest BCUT2D eigenvalue weighted by atomic mass is 32.1. The van der Waals surface area contributed by atoms with Crippen LogP contribution < -0.4 is 5.32 Å². The molecule has 19 heavy (non-hydrogen) atoms. The van der Waals surface area contributed by atoms with E-state index < -0.39 is 0 Å². The van der Waals surface area contributed by atoms with E-state index in [1.807, 2.05) is 41.8 Å². The third kappa shape index (κ3) is 4.38. The number of carbonyl (C=O) groups excluding carboxylic acids is 1. The minimum absolute atomic E-state index is 0.0452. The van der Waals surface area contributed by atoms with Gasteiger partial charge in [-0.1, -0.05) is 43.3 Å². The van der Waals surface area contributed by atoms with Crippen molar-refractivity contribution in [1.29, 1.82) is 0 Å². The maximum Gasteiger partial charge on any atom is 0.244 e. The molecule has 2 aromatic rings. The van der Waals surface area contributed by atoms with E-state index in [2.05, 4.69) is 24.4 Å². The van der Waals surface area contributed by atoms with Gasteiger partial charge in [0, 0.05) is 17.5 Å². The predicted octanol–water partition coefficient (Wildman–Crippen LogP) is 3.68. The molecule has 0 aliphatic carbocycles. The van der Waals surface area contributed by atoms with Crippen LogP contribution in [0.1, 0.15) is 23.3 Å². The first-order chi connectivity index (χ1) is 9.25. The molecule has 2 nitrogen and oxygen atoms in total. The molecular formula is C16H17NOS. The fourth-order valence-electron chi connectivity index (χ4n) is 1.76. The molecule has 0 spiro atoms. The lowest BCUT2D eigenvalue weighted by molar-refractivity contribution is -0.116. The highest BCUT2D eigenvalue weighted by molar-refractivity contribution is 7.10. The number of carbonyl (C=O) groups is 1. The van der Waals surface area contributed by atoms with Gasteiger partial charge < -0.3 is 5.32 Å². The maximum absolute atomic E-state index is 11.7. The third-order valence-corrected chi connectivity index (χ3v) is 3.73. The number of thiophene rings is 1. The van der Waals surface area contributed by atoms with Gasteiger partial charge in [-0.3, -0.25) is 4.79 Å². The molecule has 0 bridgehead atoms. The Morgan fingerprint density at radius 1 is 1.26 bits per heavy atom. The van der Waals surface area contributed by atoms with Crippen molar-refractivity contribution in [1.82, 2.24) is 5.32 Å². The van der Waals surface area contributed by atoms with Crippen LogP contribution in [0.2, 0.25) is 0 Å². The van der Waals surface area contributed by atoms with Crippen molar-refractivity contribution in [3.63, 3.8) is 0 Å². The number of amides is 1. The third-order valence-electron chi connectivity index (χ3n) is 2.89. The molecule has 0 unspecified atom stereocenters. The number of hydrogen-bond acceptors (Lipinski definition) is 2. The topological polar surface area (TPSA) is 29.1 Å². The second kappa shape index (κ2) is 6.90. The highest BCUT2D eigenvalue weighted by Gasteiger charge is 2.05. The van der Waals surface area contributed by atoms with Crippen molar-refractivity contribution >= 4 is 23.3 Å². The van der Waals surface area contributed by atoms with Gasteiger partial charge in [-0.15, -0.1) is 11.3 Å². The molecule has 1 amide bonds. The van der Waals surface area contributed by atoms with Crippen LogP contribution in [-0.2, 0) is 4.79 Å². The van der Waals surface area contributed by atoms with Gasteiger partial charge in [0.2, 0.25) is 5.91 Å². The summed E-state index contributed by atoms with van der Waals surface area (Å²) in [5.41, 5.74) is 1.24. The summed E-state index contributed by atoms with van der Waals surface area (Å²) in [6.07, 6.45) is 3.43. The predicted molar refractivity (Wildman–Crippen MR) is 81.2 cm³/mol. The smallest absolute Gasteiger partial charge is 0.244 e. The van der Waals surface area contributed by atoms with Crippen LogP contribution in [0.3, 0.4) is 0 Å². The molecule has 0 fully saturated rings. The summed E-state index contributed by atoms with van der Waals surface area (Å²) in [6, 6.07) is 14.2. The first-order valence-electron chi connectivity index (χ1n) is 6.30. The summed E-state index contributed by atoms with van der Waals surface area (Å²) >= 11 is 1.62. The van der Waals surface area contributed by atoms with Crippen molar-refractivity contribution < 1.29 is 4.79 Å². The lowest BCUT2D eigenvalue weighted by Gasteiger charge is -2.11. The molecule has 0 radical (unpaired) electrons. The molecule has 0 aliphatic rings. The van der Waals surface area contributed by atoms with Gasteiger partial charge >= 0.3 is 0 Å². The molecule has 0 saturated heterocycles. The van der Waals surface area contributed by atoms with Gasteiger partial charge in [-0.25, -0.2) is 0 Å². The Balaban J connectivity index is 1.81. The zero-order chi connectivity index (χ0) is 13.5. The molecule has 3 heteroatoms. The monoisotopic (exact) mass is 271 g/mol. The van der Waals surface area contributed by atoms with E-state index >= 15 is 0 Å². The van der Waals surface area contributed by atoms with Crippen LogP contribution in [0.4, 0.5) is 0 Å². The lowest BCUT2D eigenvalue weighted by atomic mass is 10.0. The van der Waals surface area contributed by atoms with Gasteiger partial charge in [0.1, 0.15) is 0 Å². The Labute approximate surface area is 117 Å². The lowest BCUT2D eigenvalue weighted by Crippen LogP contribution is -2.25. The summed E-state index contributed by atoms with van der Waals surface area (Å²) in [6.45, 7) is 2.76. The van der Waals surface area contributed by atoms with Crippen LogP contribution >= 0.6 is 11.3 Å². The Hall–Kier alpha value is -1.87. The zero-order valence-corrected chi connectivity index (χ0v) is 11.7. The van der Waals surface area contributed by atoms with Crippen molar-refractivity contribution in [3.8, 4) is 0 Å². The molecule has 98 valence electrons. The SMILES string of the molecule is C[C@H](CNC(=O)/C=C/c1cccs1)c1ccccc1. The normalized spacial score (nSPS) is 12.5. The minimum Gasteiger partial charge on any atom is -0.352 e. The second-order valence-electron chi connectivity index (χ2n) is 4.41. The van der Waals surface area contributed by atoms with E-state index in [-0.39, 0.29) is 5.91 Å². The Morgan fingerprint density at radius 3 is 2.74 bits per heavy atom.